The van der Waals surface area contributed by atoms with Gasteiger partial charge >= 0.3 is 6.09 Å². The van der Waals surface area contributed by atoms with E-state index in [0.29, 0.717) is 19.0 Å². The highest BCUT2D eigenvalue weighted by molar-refractivity contribution is 14.0. The van der Waals surface area contributed by atoms with Crippen LogP contribution in [-0.4, -0.2) is 63.1 Å². The minimum atomic E-state index is -0.532. The van der Waals surface area contributed by atoms with Crippen LogP contribution in [0.1, 0.15) is 53.0 Å². The van der Waals surface area contributed by atoms with Crippen molar-refractivity contribution in [2.45, 2.75) is 65.1 Å². The second-order valence-corrected chi connectivity index (χ2v) is 9.12. The molecule has 1 heterocycles. The zero-order valence-electron chi connectivity index (χ0n) is 21.0. The summed E-state index contributed by atoms with van der Waals surface area (Å²) < 4.78 is 11.0. The molecule has 1 fully saturated rings. The molecule has 0 spiro atoms. The molecule has 1 aliphatic heterocycles. The molecule has 3 N–H and O–H groups in total. The number of para-hydroxylation sites is 1. The number of guanidine groups is 1. The van der Waals surface area contributed by atoms with Gasteiger partial charge < -0.3 is 30.3 Å². The summed E-state index contributed by atoms with van der Waals surface area (Å²) in [6, 6.07) is 8.42. The number of amides is 1. The molecule has 1 aromatic carbocycles. The average molecular weight is 576 g/mol. The van der Waals surface area contributed by atoms with Crippen LogP contribution in [0.25, 0.3) is 0 Å². The van der Waals surface area contributed by atoms with Crippen molar-refractivity contribution in [3.8, 4) is 0 Å². The highest BCUT2D eigenvalue weighted by Crippen LogP contribution is 2.21. The van der Waals surface area contributed by atoms with Gasteiger partial charge in [-0.05, 0) is 45.2 Å². The molecule has 0 aromatic heterocycles. The zero-order chi connectivity index (χ0) is 23.6. The number of rotatable bonds is 8. The van der Waals surface area contributed by atoms with Crippen molar-refractivity contribution in [1.82, 2.24) is 16.0 Å². The predicted molar refractivity (Wildman–Crippen MR) is 146 cm³/mol. The predicted octanol–water partition coefficient (Wildman–Crippen LogP) is 3.89. The summed E-state index contributed by atoms with van der Waals surface area (Å²) in [5, 5.41) is 9.87. The van der Waals surface area contributed by atoms with Crippen LogP contribution in [-0.2, 0) is 16.0 Å². The summed E-state index contributed by atoms with van der Waals surface area (Å²) in [7, 11) is 1.75. The minimum Gasteiger partial charge on any atom is -0.444 e. The van der Waals surface area contributed by atoms with Crippen molar-refractivity contribution in [2.75, 3.05) is 44.8 Å². The average Bonchev–Trinajstić information content (AvgIpc) is 2.78. The summed E-state index contributed by atoms with van der Waals surface area (Å²) in [5.41, 5.74) is 1.48. The monoisotopic (exact) mass is 575 g/mol. The number of morpholine rings is 1. The molecule has 8 nitrogen and oxygen atoms in total. The van der Waals surface area contributed by atoms with Crippen molar-refractivity contribution in [1.29, 1.82) is 0 Å². The van der Waals surface area contributed by atoms with Gasteiger partial charge in [0.1, 0.15) is 5.60 Å². The summed E-state index contributed by atoms with van der Waals surface area (Å²) in [6.45, 7) is 14.2. The number of carbonyl (C=O) groups excluding carboxylic acids is 1. The fourth-order valence-electron chi connectivity index (χ4n) is 3.67. The number of carbonyl (C=O) groups is 1. The maximum absolute atomic E-state index is 12.4. The number of aliphatic imine (C=N–C) groups is 1. The van der Waals surface area contributed by atoms with E-state index in [1.807, 2.05) is 20.8 Å². The third-order valence-corrected chi connectivity index (χ3v) is 5.73. The van der Waals surface area contributed by atoms with Gasteiger partial charge in [0.2, 0.25) is 0 Å². The second kappa shape index (κ2) is 13.8. The van der Waals surface area contributed by atoms with E-state index >= 15 is 0 Å². The number of ether oxygens (including phenoxy) is 2. The standard InChI is InChI=1S/C24H41N5O3.HI/c1-7-24(8-2,28-22(30)32-23(3,4)5)18-27-21(25-6)26-17-19-11-9-10-12-20(19)29-13-15-31-16-14-29;/h9-12H,7-8,13-18H2,1-6H3,(H,28,30)(H2,25,26,27);1H. The van der Waals surface area contributed by atoms with E-state index in [4.69, 9.17) is 9.47 Å². The van der Waals surface area contributed by atoms with Gasteiger partial charge in [-0.15, -0.1) is 24.0 Å². The largest absolute Gasteiger partial charge is 0.444 e. The Hall–Kier alpha value is -1.75. The molecule has 1 aliphatic rings. The zero-order valence-corrected chi connectivity index (χ0v) is 23.3. The van der Waals surface area contributed by atoms with E-state index in [1.54, 1.807) is 7.05 Å². The summed E-state index contributed by atoms with van der Waals surface area (Å²) in [5.74, 6) is 0.694. The second-order valence-electron chi connectivity index (χ2n) is 9.12. The number of hydrogen-bond acceptors (Lipinski definition) is 5. The van der Waals surface area contributed by atoms with E-state index in [2.05, 4.69) is 64.0 Å². The lowest BCUT2D eigenvalue weighted by atomic mass is 9.93. The quantitative estimate of drug-likeness (QED) is 0.248. The number of benzene rings is 1. The molecule has 0 bridgehead atoms. The Morgan fingerprint density at radius 2 is 1.76 bits per heavy atom. The van der Waals surface area contributed by atoms with Crippen molar-refractivity contribution in [3.05, 3.63) is 29.8 Å². The smallest absolute Gasteiger partial charge is 0.408 e. The van der Waals surface area contributed by atoms with E-state index in [-0.39, 0.29) is 24.0 Å². The number of anilines is 1. The normalized spacial score (nSPS) is 14.8. The van der Waals surface area contributed by atoms with Gasteiger partial charge in [-0.25, -0.2) is 4.79 Å². The van der Waals surface area contributed by atoms with Crippen LogP contribution in [0, 0.1) is 0 Å². The lowest BCUT2D eigenvalue weighted by Gasteiger charge is -2.34. The van der Waals surface area contributed by atoms with Crippen molar-refractivity contribution in [2.24, 2.45) is 4.99 Å². The summed E-state index contributed by atoms with van der Waals surface area (Å²) >= 11 is 0. The van der Waals surface area contributed by atoms with Crippen LogP contribution >= 0.6 is 24.0 Å². The third-order valence-electron chi connectivity index (χ3n) is 5.73. The fraction of sp³-hybridized carbons (Fsp3) is 0.667. The number of alkyl carbamates (subject to hydrolysis) is 1. The first-order valence-electron chi connectivity index (χ1n) is 11.6. The van der Waals surface area contributed by atoms with Gasteiger partial charge in [-0.2, -0.15) is 0 Å². The summed E-state index contributed by atoms with van der Waals surface area (Å²) in [4.78, 5) is 19.1. The Morgan fingerprint density at radius 1 is 1.12 bits per heavy atom. The molecule has 0 atom stereocenters. The molecular formula is C24H42IN5O3. The van der Waals surface area contributed by atoms with Gasteiger partial charge in [0.15, 0.2) is 5.96 Å². The SMILES string of the molecule is CCC(CC)(CNC(=NC)NCc1ccccc1N1CCOCC1)NC(=O)OC(C)(C)C.I. The lowest BCUT2D eigenvalue weighted by molar-refractivity contribution is 0.0448. The molecule has 33 heavy (non-hydrogen) atoms. The van der Waals surface area contributed by atoms with Crippen LogP contribution in [0.15, 0.2) is 29.3 Å². The number of halogens is 1. The molecular weight excluding hydrogens is 533 g/mol. The number of hydrogen-bond donors (Lipinski definition) is 3. The summed E-state index contributed by atoms with van der Waals surface area (Å²) in [6.07, 6.45) is 1.14. The van der Waals surface area contributed by atoms with Crippen LogP contribution in [0.2, 0.25) is 0 Å². The molecule has 1 aromatic rings. The number of nitrogens with zero attached hydrogens (tertiary/aromatic N) is 2. The fourth-order valence-corrected chi connectivity index (χ4v) is 3.67. The van der Waals surface area contributed by atoms with Gasteiger partial charge in [-0.3, -0.25) is 4.99 Å². The first-order valence-corrected chi connectivity index (χ1v) is 11.6. The third kappa shape index (κ3) is 9.56. The Morgan fingerprint density at radius 3 is 2.33 bits per heavy atom. The topological polar surface area (TPSA) is 87.2 Å². The van der Waals surface area contributed by atoms with E-state index in [0.717, 1.165) is 39.1 Å². The molecule has 0 aliphatic carbocycles. The molecule has 1 saturated heterocycles. The van der Waals surface area contributed by atoms with Gasteiger partial charge in [-0.1, -0.05) is 32.0 Å². The Labute approximate surface area is 216 Å². The van der Waals surface area contributed by atoms with Crippen molar-refractivity contribution < 1.29 is 14.3 Å². The highest BCUT2D eigenvalue weighted by atomic mass is 127. The highest BCUT2D eigenvalue weighted by Gasteiger charge is 2.30. The Kier molecular flexibility index (Phi) is 12.3. The van der Waals surface area contributed by atoms with Crippen molar-refractivity contribution in [3.63, 3.8) is 0 Å². The first-order chi connectivity index (χ1) is 15.2. The first kappa shape index (κ1) is 29.3. The van der Waals surface area contributed by atoms with Crippen molar-refractivity contribution >= 4 is 41.7 Å². The number of nitrogens with one attached hydrogen (secondary N) is 3. The Bertz CT molecular complexity index is 757. The Balaban J connectivity index is 0.00000544. The molecule has 9 heteroatoms. The van der Waals surface area contributed by atoms with E-state index < -0.39 is 17.2 Å². The van der Waals surface area contributed by atoms with Crippen LogP contribution < -0.4 is 20.9 Å². The molecule has 188 valence electrons. The maximum atomic E-state index is 12.4. The maximum Gasteiger partial charge on any atom is 0.408 e. The molecule has 0 unspecified atom stereocenters. The van der Waals surface area contributed by atoms with Crippen LogP contribution in [0.4, 0.5) is 10.5 Å². The van der Waals surface area contributed by atoms with E-state index in [1.165, 1.54) is 11.3 Å². The lowest BCUT2D eigenvalue weighted by Crippen LogP contribution is -2.57. The molecule has 0 radical (unpaired) electrons. The van der Waals surface area contributed by atoms with Gasteiger partial charge in [0, 0.05) is 38.9 Å². The molecule has 2 rings (SSSR count). The van der Waals surface area contributed by atoms with Gasteiger partial charge in [0.25, 0.3) is 0 Å². The van der Waals surface area contributed by atoms with Crippen LogP contribution in [0.3, 0.4) is 0 Å². The van der Waals surface area contributed by atoms with Gasteiger partial charge in [0.05, 0.1) is 18.8 Å². The minimum absolute atomic E-state index is 0. The molecule has 1 amide bonds. The van der Waals surface area contributed by atoms with E-state index in [9.17, 15) is 4.79 Å². The van der Waals surface area contributed by atoms with Crippen LogP contribution in [0.5, 0.6) is 0 Å². The molecule has 0 saturated carbocycles.